The summed E-state index contributed by atoms with van der Waals surface area (Å²) in [4.78, 5) is 48.4. The number of unbranched alkanes of at least 4 members (excludes halogenated alkanes) is 1. The Morgan fingerprint density at radius 2 is 1.77 bits per heavy atom. The minimum Gasteiger partial charge on any atom is -0.394 e. The number of carbonyl (C=O) groups is 3. The van der Waals surface area contributed by atoms with Gasteiger partial charge in [-0.05, 0) is 37.7 Å². The Kier molecular flexibility index (Phi) is 10.2. The predicted octanol–water partition coefficient (Wildman–Crippen LogP) is 3.92. The average Bonchev–Trinajstić information content (AvgIpc) is 3.61. The highest BCUT2D eigenvalue weighted by atomic mass is 32.2. The first-order chi connectivity index (χ1) is 19.4. The van der Waals surface area contributed by atoms with Crippen molar-refractivity contribution in [2.24, 2.45) is 11.8 Å². The fraction of sp³-hybridized carbons (Fsp3) is 0.594. The van der Waals surface area contributed by atoms with Gasteiger partial charge in [0.1, 0.15) is 6.04 Å². The number of carbonyl (C=O) groups excluding carboxylic acids is 3. The monoisotopic (exact) mass is 567 g/mol. The van der Waals surface area contributed by atoms with Gasteiger partial charge in [-0.2, -0.15) is 0 Å². The second kappa shape index (κ2) is 13.4. The third kappa shape index (κ3) is 5.49. The molecule has 1 aromatic rings. The zero-order valence-corrected chi connectivity index (χ0v) is 24.9. The first-order valence-electron chi connectivity index (χ1n) is 14.8. The number of aliphatic hydroxyl groups excluding tert-OH is 1. The standard InChI is InChI=1S/C32H45N3O4S/c1-5-9-20-34(19-8-4)31(39)28-32-16-15-25(40-32)26(29(37)33(17-6-2)18-7-3)27(32)30(38)35(28)24(22-36)21-23-13-11-10-12-14-23/h6,8,10-14,24-28,36H,2,4-5,7,9,15-22H2,1,3H3/t24-,25+,26-,27+,28?,32?/m1/s1. The molecule has 1 N–H and O–H groups in total. The summed E-state index contributed by atoms with van der Waals surface area (Å²) >= 11 is 1.69. The van der Waals surface area contributed by atoms with Crippen LogP contribution in [0.2, 0.25) is 0 Å². The molecule has 0 radical (unpaired) electrons. The van der Waals surface area contributed by atoms with Gasteiger partial charge in [0, 0.05) is 31.4 Å². The average molecular weight is 568 g/mol. The summed E-state index contributed by atoms with van der Waals surface area (Å²) in [7, 11) is 0. The summed E-state index contributed by atoms with van der Waals surface area (Å²) in [5.74, 6) is -1.32. The molecule has 6 atom stereocenters. The summed E-state index contributed by atoms with van der Waals surface area (Å²) < 4.78 is -0.680. The molecule has 7 nitrogen and oxygen atoms in total. The van der Waals surface area contributed by atoms with E-state index in [0.717, 1.165) is 31.2 Å². The molecule has 3 amide bonds. The summed E-state index contributed by atoms with van der Waals surface area (Å²) in [6.07, 6.45) is 8.05. The lowest BCUT2D eigenvalue weighted by Crippen LogP contribution is -2.58. The highest BCUT2D eigenvalue weighted by molar-refractivity contribution is 8.02. The molecule has 1 aromatic carbocycles. The van der Waals surface area contributed by atoms with Crippen molar-refractivity contribution in [3.63, 3.8) is 0 Å². The number of benzene rings is 1. The van der Waals surface area contributed by atoms with Crippen LogP contribution in [0, 0.1) is 11.8 Å². The number of fused-ring (bicyclic) bond motifs is 1. The number of amides is 3. The van der Waals surface area contributed by atoms with Crippen molar-refractivity contribution in [3.05, 3.63) is 61.2 Å². The lowest BCUT2D eigenvalue weighted by molar-refractivity contribution is -0.147. The highest BCUT2D eigenvalue weighted by Gasteiger charge is 2.74. The fourth-order valence-electron chi connectivity index (χ4n) is 7.08. The molecule has 4 rings (SSSR count). The van der Waals surface area contributed by atoms with Crippen molar-refractivity contribution in [1.29, 1.82) is 0 Å². The Bertz CT molecular complexity index is 1080. The SMILES string of the molecule is C=CCN(CCCC)C(=O)C1N([C@@H](CO)Cc2ccccc2)C(=O)[C@@H]2[C@H](C(=O)N(CC=C)CCC)[C@@H]3CCC12S3. The zero-order valence-electron chi connectivity index (χ0n) is 24.0. The maximum absolute atomic E-state index is 14.5. The lowest BCUT2D eigenvalue weighted by Gasteiger charge is -2.39. The minimum absolute atomic E-state index is 0.00766. The molecule has 218 valence electrons. The van der Waals surface area contributed by atoms with Crippen molar-refractivity contribution in [1.82, 2.24) is 14.7 Å². The van der Waals surface area contributed by atoms with Crippen molar-refractivity contribution in [3.8, 4) is 0 Å². The molecule has 3 fully saturated rings. The molecule has 0 saturated carbocycles. The molecule has 0 aliphatic carbocycles. The largest absolute Gasteiger partial charge is 0.394 e. The quantitative estimate of drug-likeness (QED) is 0.325. The van der Waals surface area contributed by atoms with E-state index in [9.17, 15) is 19.5 Å². The van der Waals surface area contributed by atoms with Gasteiger partial charge in [0.2, 0.25) is 17.7 Å². The van der Waals surface area contributed by atoms with E-state index in [0.29, 0.717) is 39.0 Å². The maximum atomic E-state index is 14.5. The smallest absolute Gasteiger partial charge is 0.247 e. The normalized spacial score (nSPS) is 27.4. The van der Waals surface area contributed by atoms with Gasteiger partial charge in [0.15, 0.2) is 0 Å². The summed E-state index contributed by atoms with van der Waals surface area (Å²) in [6.45, 7) is 13.6. The van der Waals surface area contributed by atoms with Crippen LogP contribution >= 0.6 is 11.8 Å². The molecular weight excluding hydrogens is 522 g/mol. The highest BCUT2D eigenvalue weighted by Crippen LogP contribution is 2.67. The van der Waals surface area contributed by atoms with Gasteiger partial charge in [-0.3, -0.25) is 14.4 Å². The van der Waals surface area contributed by atoms with Gasteiger partial charge in [-0.1, -0.05) is 62.8 Å². The number of aliphatic hydroxyl groups is 1. The van der Waals surface area contributed by atoms with E-state index >= 15 is 0 Å². The third-order valence-electron chi connectivity index (χ3n) is 8.77. The van der Waals surface area contributed by atoms with Crippen LogP contribution in [-0.2, 0) is 20.8 Å². The number of rotatable bonds is 15. The van der Waals surface area contributed by atoms with Crippen LogP contribution in [0.15, 0.2) is 55.6 Å². The fourth-order valence-corrected chi connectivity index (χ4v) is 9.27. The number of hydrogen-bond acceptors (Lipinski definition) is 5. The number of hydrogen-bond donors (Lipinski definition) is 1. The van der Waals surface area contributed by atoms with Crippen LogP contribution in [-0.4, -0.2) is 92.4 Å². The third-order valence-corrected chi connectivity index (χ3v) is 10.7. The topological polar surface area (TPSA) is 81.2 Å². The van der Waals surface area contributed by atoms with Crippen molar-refractivity contribution < 1.29 is 19.5 Å². The van der Waals surface area contributed by atoms with Gasteiger partial charge in [0.25, 0.3) is 0 Å². The Morgan fingerprint density at radius 1 is 1.10 bits per heavy atom. The first-order valence-corrected chi connectivity index (χ1v) is 15.7. The van der Waals surface area contributed by atoms with Crippen molar-refractivity contribution in [2.45, 2.75) is 74.5 Å². The van der Waals surface area contributed by atoms with E-state index in [1.165, 1.54) is 0 Å². The molecule has 2 bridgehead atoms. The van der Waals surface area contributed by atoms with Gasteiger partial charge in [-0.25, -0.2) is 0 Å². The molecule has 3 heterocycles. The van der Waals surface area contributed by atoms with E-state index in [2.05, 4.69) is 20.1 Å². The van der Waals surface area contributed by atoms with Gasteiger partial charge in [-0.15, -0.1) is 24.9 Å². The van der Waals surface area contributed by atoms with Gasteiger partial charge >= 0.3 is 0 Å². The lowest BCUT2D eigenvalue weighted by atomic mass is 9.70. The van der Waals surface area contributed by atoms with Crippen LogP contribution in [0.4, 0.5) is 0 Å². The second-order valence-electron chi connectivity index (χ2n) is 11.3. The molecule has 40 heavy (non-hydrogen) atoms. The number of thioether (sulfide) groups is 1. The van der Waals surface area contributed by atoms with Crippen molar-refractivity contribution >= 4 is 29.5 Å². The van der Waals surface area contributed by atoms with Crippen LogP contribution in [0.25, 0.3) is 0 Å². The Morgan fingerprint density at radius 3 is 2.38 bits per heavy atom. The predicted molar refractivity (Wildman–Crippen MR) is 161 cm³/mol. The molecule has 3 saturated heterocycles. The van der Waals surface area contributed by atoms with Gasteiger partial charge in [0.05, 0.1) is 29.2 Å². The van der Waals surface area contributed by atoms with E-state index in [4.69, 9.17) is 0 Å². The van der Waals surface area contributed by atoms with Crippen LogP contribution in [0.1, 0.15) is 51.5 Å². The van der Waals surface area contributed by atoms with E-state index in [1.54, 1.807) is 28.8 Å². The number of likely N-dealkylation sites (tertiary alicyclic amines) is 1. The second-order valence-corrected chi connectivity index (χ2v) is 12.9. The van der Waals surface area contributed by atoms with E-state index in [1.807, 2.05) is 47.1 Å². The van der Waals surface area contributed by atoms with E-state index < -0.39 is 28.7 Å². The molecule has 3 aliphatic heterocycles. The Hall–Kier alpha value is -2.58. The van der Waals surface area contributed by atoms with E-state index in [-0.39, 0.29) is 29.6 Å². The van der Waals surface area contributed by atoms with Gasteiger partial charge < -0.3 is 19.8 Å². The van der Waals surface area contributed by atoms with Crippen LogP contribution in [0.5, 0.6) is 0 Å². The molecule has 8 heteroatoms. The Balaban J connectivity index is 1.77. The molecular formula is C32H45N3O4S. The first kappa shape index (κ1) is 30.4. The molecule has 3 aliphatic rings. The van der Waals surface area contributed by atoms with Crippen LogP contribution in [0.3, 0.4) is 0 Å². The van der Waals surface area contributed by atoms with Crippen LogP contribution < -0.4 is 0 Å². The summed E-state index contributed by atoms with van der Waals surface area (Å²) in [5.41, 5.74) is 0.994. The maximum Gasteiger partial charge on any atom is 0.247 e. The summed E-state index contributed by atoms with van der Waals surface area (Å²) in [5, 5.41) is 10.7. The minimum atomic E-state index is -0.727. The summed E-state index contributed by atoms with van der Waals surface area (Å²) in [6, 6.07) is 8.49. The number of nitrogens with zero attached hydrogens (tertiary/aromatic N) is 3. The molecule has 0 aromatic heterocycles. The molecule has 1 spiro atoms. The molecule has 2 unspecified atom stereocenters. The Labute approximate surface area is 243 Å². The zero-order chi connectivity index (χ0) is 28.9. The van der Waals surface area contributed by atoms with Crippen molar-refractivity contribution in [2.75, 3.05) is 32.8 Å².